The molecule has 1 aliphatic rings. The van der Waals surface area contributed by atoms with E-state index in [1.54, 1.807) is 0 Å². The van der Waals surface area contributed by atoms with Crippen LogP contribution in [0.3, 0.4) is 0 Å². The van der Waals surface area contributed by atoms with Crippen molar-refractivity contribution in [1.29, 1.82) is 0 Å². The first-order chi connectivity index (χ1) is 9.40. The van der Waals surface area contributed by atoms with Crippen molar-refractivity contribution in [3.8, 4) is 0 Å². The molecule has 0 aliphatic carbocycles. The summed E-state index contributed by atoms with van der Waals surface area (Å²) < 4.78 is 2.07. The van der Waals surface area contributed by atoms with Crippen LogP contribution in [0.4, 0.5) is 11.5 Å². The average Bonchev–Trinajstić information content (AvgIpc) is 2.67. The van der Waals surface area contributed by atoms with Gasteiger partial charge in [-0.15, -0.1) is 0 Å². The molecule has 2 N–H and O–H groups in total. The van der Waals surface area contributed by atoms with Gasteiger partial charge in [-0.05, 0) is 26.7 Å². The number of anilines is 2. The maximum absolute atomic E-state index is 6.25. The Balaban J connectivity index is 2.10. The highest BCUT2D eigenvalue weighted by Crippen LogP contribution is 2.30. The lowest BCUT2D eigenvalue weighted by Gasteiger charge is -2.37. The van der Waals surface area contributed by atoms with E-state index < -0.39 is 0 Å². The van der Waals surface area contributed by atoms with Gasteiger partial charge in [0.2, 0.25) is 0 Å². The Hall–Kier alpha value is -1.23. The zero-order chi connectivity index (χ0) is 14.9. The molecule has 0 amide bonds. The lowest BCUT2D eigenvalue weighted by Crippen LogP contribution is -2.48. The summed E-state index contributed by atoms with van der Waals surface area (Å²) in [4.78, 5) is 4.94. The van der Waals surface area contributed by atoms with Crippen molar-refractivity contribution in [3.63, 3.8) is 0 Å². The normalized spacial score (nSPS) is 17.4. The molecule has 0 saturated carbocycles. The van der Waals surface area contributed by atoms with E-state index in [4.69, 9.17) is 5.73 Å². The number of nitrogen functional groups attached to an aromatic ring is 1. The van der Waals surface area contributed by atoms with Crippen molar-refractivity contribution in [2.45, 2.75) is 40.7 Å². The summed E-state index contributed by atoms with van der Waals surface area (Å²) in [6, 6.07) is 0.342. The second-order valence-electron chi connectivity index (χ2n) is 6.54. The monoisotopic (exact) mass is 279 g/mol. The molecule has 1 saturated heterocycles. The fourth-order valence-electron chi connectivity index (χ4n) is 2.88. The Morgan fingerprint density at radius 1 is 1.10 bits per heavy atom. The molecular weight excluding hydrogens is 250 g/mol. The van der Waals surface area contributed by atoms with Crippen molar-refractivity contribution in [2.24, 2.45) is 5.92 Å². The Morgan fingerprint density at radius 2 is 1.70 bits per heavy atom. The number of aryl methyl sites for hydroxylation is 1. The van der Waals surface area contributed by atoms with Crippen molar-refractivity contribution in [3.05, 3.63) is 5.69 Å². The van der Waals surface area contributed by atoms with Gasteiger partial charge in [0.15, 0.2) is 5.82 Å². The molecule has 2 heterocycles. The summed E-state index contributed by atoms with van der Waals surface area (Å²) in [6.45, 7) is 16.3. The highest BCUT2D eigenvalue weighted by atomic mass is 15.4. The second kappa shape index (κ2) is 6.04. The predicted molar refractivity (Wildman–Crippen MR) is 85.3 cm³/mol. The Bertz CT molecular complexity index is 441. The van der Waals surface area contributed by atoms with Gasteiger partial charge in [0.1, 0.15) is 0 Å². The molecule has 0 spiro atoms. The van der Waals surface area contributed by atoms with Crippen LogP contribution >= 0.6 is 0 Å². The van der Waals surface area contributed by atoms with Gasteiger partial charge in [-0.1, -0.05) is 13.8 Å². The molecule has 0 bridgehead atoms. The molecule has 1 aromatic rings. The van der Waals surface area contributed by atoms with E-state index in [0.29, 0.717) is 6.04 Å². The fourth-order valence-corrected chi connectivity index (χ4v) is 2.88. The Labute approximate surface area is 122 Å². The van der Waals surface area contributed by atoms with Crippen LogP contribution < -0.4 is 10.6 Å². The third-order valence-electron chi connectivity index (χ3n) is 3.89. The van der Waals surface area contributed by atoms with Crippen LogP contribution in [0.25, 0.3) is 0 Å². The van der Waals surface area contributed by atoms with E-state index in [0.717, 1.165) is 49.3 Å². The molecule has 20 heavy (non-hydrogen) atoms. The minimum atomic E-state index is 0.342. The van der Waals surface area contributed by atoms with E-state index in [-0.39, 0.29) is 0 Å². The second-order valence-corrected chi connectivity index (χ2v) is 6.54. The van der Waals surface area contributed by atoms with Crippen LogP contribution in [0.5, 0.6) is 0 Å². The molecule has 5 nitrogen and oxygen atoms in total. The van der Waals surface area contributed by atoms with Crippen LogP contribution in [0.2, 0.25) is 0 Å². The summed E-state index contributed by atoms with van der Waals surface area (Å²) in [5.74, 6) is 1.84. The number of nitrogens with two attached hydrogens (primary N) is 1. The van der Waals surface area contributed by atoms with Crippen LogP contribution in [0, 0.1) is 12.8 Å². The highest BCUT2D eigenvalue weighted by Gasteiger charge is 2.24. The summed E-state index contributed by atoms with van der Waals surface area (Å²) in [5.41, 5.74) is 8.04. The maximum Gasteiger partial charge on any atom is 0.151 e. The average molecular weight is 279 g/mol. The van der Waals surface area contributed by atoms with E-state index in [2.05, 4.69) is 47.3 Å². The molecule has 0 radical (unpaired) electrons. The topological polar surface area (TPSA) is 50.3 Å². The Morgan fingerprint density at radius 3 is 2.20 bits per heavy atom. The van der Waals surface area contributed by atoms with Gasteiger partial charge in [-0.3, -0.25) is 4.90 Å². The van der Waals surface area contributed by atoms with Gasteiger partial charge in [-0.25, -0.2) is 4.68 Å². The first kappa shape index (κ1) is 15.2. The van der Waals surface area contributed by atoms with E-state index in [9.17, 15) is 0 Å². The van der Waals surface area contributed by atoms with Gasteiger partial charge in [0.25, 0.3) is 0 Å². The Kier molecular flexibility index (Phi) is 4.58. The minimum Gasteiger partial charge on any atom is -0.394 e. The van der Waals surface area contributed by atoms with Crippen molar-refractivity contribution < 1.29 is 0 Å². The maximum atomic E-state index is 6.25. The number of aromatic nitrogens is 2. The number of hydrogen-bond donors (Lipinski definition) is 1. The minimum absolute atomic E-state index is 0.342. The van der Waals surface area contributed by atoms with Crippen molar-refractivity contribution in [2.75, 3.05) is 43.4 Å². The predicted octanol–water partition coefficient (Wildman–Crippen LogP) is 2.13. The van der Waals surface area contributed by atoms with Crippen LogP contribution in [0.15, 0.2) is 0 Å². The molecule has 1 aromatic heterocycles. The van der Waals surface area contributed by atoms with Crippen molar-refractivity contribution in [1.82, 2.24) is 14.7 Å². The van der Waals surface area contributed by atoms with E-state index in [1.165, 1.54) is 6.54 Å². The quantitative estimate of drug-likeness (QED) is 0.917. The molecule has 1 aliphatic heterocycles. The number of nitrogens with zero attached hydrogens (tertiary/aromatic N) is 4. The molecule has 1 fully saturated rings. The summed E-state index contributed by atoms with van der Waals surface area (Å²) in [5, 5.41) is 4.59. The zero-order valence-electron chi connectivity index (χ0n) is 13.6. The fraction of sp³-hybridized carbons (Fsp3) is 0.800. The molecule has 5 heteroatoms. The molecular formula is C15H29N5. The number of hydrogen-bond acceptors (Lipinski definition) is 4. The first-order valence-corrected chi connectivity index (χ1v) is 7.72. The molecule has 2 rings (SSSR count). The van der Waals surface area contributed by atoms with Gasteiger partial charge in [-0.2, -0.15) is 5.10 Å². The zero-order valence-corrected chi connectivity index (χ0v) is 13.6. The SMILES string of the molecule is Cc1nn(C(C)C)c(N2CCN(CC(C)C)CC2)c1N. The van der Waals surface area contributed by atoms with Gasteiger partial charge >= 0.3 is 0 Å². The summed E-state index contributed by atoms with van der Waals surface area (Å²) in [7, 11) is 0. The van der Waals surface area contributed by atoms with Gasteiger partial charge in [0, 0.05) is 38.8 Å². The molecule has 0 atom stereocenters. The van der Waals surface area contributed by atoms with Gasteiger partial charge < -0.3 is 10.6 Å². The van der Waals surface area contributed by atoms with Gasteiger partial charge in [0.05, 0.1) is 11.4 Å². The summed E-state index contributed by atoms with van der Waals surface area (Å²) in [6.07, 6.45) is 0. The smallest absolute Gasteiger partial charge is 0.151 e. The molecule has 0 unspecified atom stereocenters. The number of rotatable bonds is 4. The molecule has 114 valence electrons. The van der Waals surface area contributed by atoms with Crippen molar-refractivity contribution >= 4 is 11.5 Å². The summed E-state index contributed by atoms with van der Waals surface area (Å²) >= 11 is 0. The molecule has 0 aromatic carbocycles. The first-order valence-electron chi connectivity index (χ1n) is 7.72. The highest BCUT2D eigenvalue weighted by molar-refractivity contribution is 5.66. The standard InChI is InChI=1S/C15H29N5/c1-11(2)10-18-6-8-19(9-7-18)15-14(16)13(5)17-20(15)12(3)4/h11-12H,6-10,16H2,1-5H3. The van der Waals surface area contributed by atoms with Crippen LogP contribution in [0.1, 0.15) is 39.4 Å². The van der Waals surface area contributed by atoms with Crippen LogP contribution in [-0.2, 0) is 0 Å². The van der Waals surface area contributed by atoms with Crippen LogP contribution in [-0.4, -0.2) is 47.4 Å². The third-order valence-corrected chi connectivity index (χ3v) is 3.89. The lowest BCUT2D eigenvalue weighted by molar-refractivity contribution is 0.230. The third kappa shape index (κ3) is 3.08. The number of piperazine rings is 1. The van der Waals surface area contributed by atoms with E-state index in [1.807, 2.05) is 6.92 Å². The lowest BCUT2D eigenvalue weighted by atomic mass is 10.2. The largest absolute Gasteiger partial charge is 0.394 e. The van der Waals surface area contributed by atoms with E-state index >= 15 is 0 Å².